The van der Waals surface area contributed by atoms with Crippen LogP contribution < -0.4 is 4.90 Å². The van der Waals surface area contributed by atoms with E-state index in [1.54, 1.807) is 25.2 Å². The summed E-state index contributed by atoms with van der Waals surface area (Å²) in [5.41, 5.74) is 1.51. The Morgan fingerprint density at radius 1 is 1.30 bits per heavy atom. The van der Waals surface area contributed by atoms with Crippen molar-refractivity contribution >= 4 is 11.6 Å². The molecule has 108 valence electrons. The van der Waals surface area contributed by atoms with Crippen molar-refractivity contribution in [2.45, 2.75) is 27.7 Å². The molecule has 0 aromatic heterocycles. The number of carbonyl (C=O) groups excluding carboxylic acids is 1. The van der Waals surface area contributed by atoms with Gasteiger partial charge in [0, 0.05) is 7.05 Å². The van der Waals surface area contributed by atoms with E-state index in [-0.39, 0.29) is 29.0 Å². The lowest BCUT2D eigenvalue weighted by atomic mass is 10.1. The molecule has 2 atom stereocenters. The second kappa shape index (κ2) is 5.04. The summed E-state index contributed by atoms with van der Waals surface area (Å²) < 4.78 is 13.8. The van der Waals surface area contributed by atoms with Crippen molar-refractivity contribution in [3.05, 3.63) is 41.7 Å². The van der Waals surface area contributed by atoms with Crippen molar-refractivity contribution in [2.75, 3.05) is 11.9 Å². The molecule has 20 heavy (non-hydrogen) atoms. The van der Waals surface area contributed by atoms with Crippen LogP contribution in [0.1, 0.15) is 27.7 Å². The molecule has 0 saturated heterocycles. The molecule has 0 heterocycles. The highest BCUT2D eigenvalue weighted by Gasteiger charge is 2.61. The average molecular weight is 275 g/mol. The van der Waals surface area contributed by atoms with Gasteiger partial charge in [-0.15, -0.1) is 0 Å². The zero-order valence-corrected chi connectivity index (χ0v) is 12.8. The predicted octanol–water partition coefficient (Wildman–Crippen LogP) is 4.03. The zero-order valence-electron chi connectivity index (χ0n) is 12.8. The van der Waals surface area contributed by atoms with Gasteiger partial charge in [-0.1, -0.05) is 37.6 Å². The third kappa shape index (κ3) is 2.49. The maximum absolute atomic E-state index is 13.8. The van der Waals surface area contributed by atoms with Gasteiger partial charge in [0.25, 0.3) is 0 Å². The topological polar surface area (TPSA) is 20.3 Å². The summed E-state index contributed by atoms with van der Waals surface area (Å²) in [7, 11) is 1.65. The van der Waals surface area contributed by atoms with Gasteiger partial charge in [0.15, 0.2) is 0 Å². The minimum atomic E-state index is -0.361. The Morgan fingerprint density at radius 2 is 1.90 bits per heavy atom. The number of hydrogen-bond donors (Lipinski definition) is 0. The zero-order chi connectivity index (χ0) is 15.1. The molecule has 0 spiro atoms. The third-order valence-electron chi connectivity index (χ3n) is 4.23. The summed E-state index contributed by atoms with van der Waals surface area (Å²) >= 11 is 0. The highest BCUT2D eigenvalue weighted by molar-refractivity contribution is 5.97. The van der Waals surface area contributed by atoms with Crippen molar-refractivity contribution in [3.63, 3.8) is 0 Å². The largest absolute Gasteiger partial charge is 0.313 e. The molecule has 1 fully saturated rings. The number of allylic oxidation sites excluding steroid dienone is 2. The van der Waals surface area contributed by atoms with Crippen LogP contribution in [0.25, 0.3) is 0 Å². The molecule has 2 nitrogen and oxygen atoms in total. The first-order valence-corrected chi connectivity index (χ1v) is 6.94. The fraction of sp³-hybridized carbons (Fsp3) is 0.471. The fourth-order valence-electron chi connectivity index (χ4n) is 2.87. The highest BCUT2D eigenvalue weighted by Crippen LogP contribution is 2.60. The molecule has 0 aliphatic heterocycles. The van der Waals surface area contributed by atoms with Crippen LogP contribution in [0.5, 0.6) is 0 Å². The SMILES string of the molecule is CC(C)=CC1C(C(=O)N(C)c2ccccc2F)C1(C)C. The highest BCUT2D eigenvalue weighted by atomic mass is 19.1. The van der Waals surface area contributed by atoms with Crippen molar-refractivity contribution in [2.24, 2.45) is 17.3 Å². The summed E-state index contributed by atoms with van der Waals surface area (Å²) in [6.07, 6.45) is 2.15. The Morgan fingerprint density at radius 3 is 2.45 bits per heavy atom. The van der Waals surface area contributed by atoms with Gasteiger partial charge in [-0.05, 0) is 37.3 Å². The van der Waals surface area contributed by atoms with Gasteiger partial charge < -0.3 is 4.90 Å². The number of amides is 1. The van der Waals surface area contributed by atoms with Crippen LogP contribution in [0.4, 0.5) is 10.1 Å². The second-order valence-electron chi connectivity index (χ2n) is 6.42. The number of benzene rings is 1. The van der Waals surface area contributed by atoms with E-state index in [1.165, 1.54) is 16.5 Å². The first-order valence-electron chi connectivity index (χ1n) is 6.94. The summed E-state index contributed by atoms with van der Waals surface area (Å²) in [6.45, 7) is 8.26. The molecule has 2 rings (SSSR count). The summed E-state index contributed by atoms with van der Waals surface area (Å²) in [5, 5.41) is 0. The molecule has 0 radical (unpaired) electrons. The van der Waals surface area contributed by atoms with E-state index in [2.05, 4.69) is 19.9 Å². The lowest BCUT2D eigenvalue weighted by Crippen LogP contribution is -2.30. The smallest absolute Gasteiger partial charge is 0.231 e. The molecule has 1 aromatic carbocycles. The van der Waals surface area contributed by atoms with Crippen LogP contribution in [-0.4, -0.2) is 13.0 Å². The van der Waals surface area contributed by atoms with Crippen molar-refractivity contribution in [1.82, 2.24) is 0 Å². The molecule has 1 aliphatic carbocycles. The van der Waals surface area contributed by atoms with E-state index in [4.69, 9.17) is 0 Å². The van der Waals surface area contributed by atoms with Gasteiger partial charge >= 0.3 is 0 Å². The van der Waals surface area contributed by atoms with Gasteiger partial charge in [-0.2, -0.15) is 0 Å². The monoisotopic (exact) mass is 275 g/mol. The molecule has 1 aliphatic rings. The molecule has 0 bridgehead atoms. The Bertz CT molecular complexity index is 558. The molecule has 1 amide bonds. The van der Waals surface area contributed by atoms with Gasteiger partial charge in [0.2, 0.25) is 5.91 Å². The number of rotatable bonds is 3. The normalized spacial score (nSPS) is 23.1. The number of halogens is 1. The molecular weight excluding hydrogens is 253 g/mol. The number of hydrogen-bond acceptors (Lipinski definition) is 1. The number of nitrogens with zero attached hydrogens (tertiary/aromatic N) is 1. The summed E-state index contributed by atoms with van der Waals surface area (Å²) in [6, 6.07) is 6.39. The van der Waals surface area contributed by atoms with Crippen LogP contribution in [0.15, 0.2) is 35.9 Å². The van der Waals surface area contributed by atoms with Crippen LogP contribution in [-0.2, 0) is 4.79 Å². The second-order valence-corrected chi connectivity index (χ2v) is 6.42. The lowest BCUT2D eigenvalue weighted by molar-refractivity contribution is -0.120. The maximum atomic E-state index is 13.8. The van der Waals surface area contributed by atoms with E-state index >= 15 is 0 Å². The number of anilines is 1. The van der Waals surface area contributed by atoms with Crippen LogP contribution >= 0.6 is 0 Å². The molecule has 1 aromatic rings. The number of para-hydroxylation sites is 1. The molecule has 1 saturated carbocycles. The van der Waals surface area contributed by atoms with E-state index < -0.39 is 0 Å². The van der Waals surface area contributed by atoms with Crippen LogP contribution in [0.3, 0.4) is 0 Å². The summed E-state index contributed by atoms with van der Waals surface area (Å²) in [5.74, 6) is -0.195. The van der Waals surface area contributed by atoms with E-state index in [9.17, 15) is 9.18 Å². The molecule has 0 N–H and O–H groups in total. The quantitative estimate of drug-likeness (QED) is 0.763. The first kappa shape index (κ1) is 14.8. The van der Waals surface area contributed by atoms with Crippen molar-refractivity contribution < 1.29 is 9.18 Å². The standard InChI is InChI=1S/C17H22FNO/c1-11(2)10-12-15(17(12,3)4)16(20)19(5)14-9-7-6-8-13(14)18/h6-10,12,15H,1-5H3. The summed E-state index contributed by atoms with van der Waals surface area (Å²) in [4.78, 5) is 14.0. The minimum absolute atomic E-state index is 0.0115. The first-order chi connectivity index (χ1) is 9.26. The Kier molecular flexibility index (Phi) is 3.72. The van der Waals surface area contributed by atoms with Crippen molar-refractivity contribution in [3.8, 4) is 0 Å². The fourth-order valence-corrected chi connectivity index (χ4v) is 2.87. The lowest BCUT2D eigenvalue weighted by Gasteiger charge is -2.18. The maximum Gasteiger partial charge on any atom is 0.231 e. The average Bonchev–Trinajstić information content (AvgIpc) is 2.88. The predicted molar refractivity (Wildman–Crippen MR) is 80.0 cm³/mol. The molecule has 2 unspecified atom stereocenters. The van der Waals surface area contributed by atoms with E-state index in [0.29, 0.717) is 5.69 Å². The van der Waals surface area contributed by atoms with Crippen molar-refractivity contribution in [1.29, 1.82) is 0 Å². The van der Waals surface area contributed by atoms with Crippen LogP contribution in [0, 0.1) is 23.1 Å². The minimum Gasteiger partial charge on any atom is -0.313 e. The molecular formula is C17H22FNO. The van der Waals surface area contributed by atoms with E-state index in [0.717, 1.165) is 0 Å². The van der Waals surface area contributed by atoms with Gasteiger partial charge in [0.05, 0.1) is 11.6 Å². The Hall–Kier alpha value is -1.64. The van der Waals surface area contributed by atoms with Crippen LogP contribution in [0.2, 0.25) is 0 Å². The molecule has 3 heteroatoms. The van der Waals surface area contributed by atoms with Gasteiger partial charge in [-0.3, -0.25) is 4.79 Å². The van der Waals surface area contributed by atoms with Gasteiger partial charge in [0.1, 0.15) is 5.82 Å². The number of carbonyl (C=O) groups is 1. The Labute approximate surface area is 120 Å². The third-order valence-corrected chi connectivity index (χ3v) is 4.23. The van der Waals surface area contributed by atoms with Gasteiger partial charge in [-0.25, -0.2) is 4.39 Å². The Balaban J connectivity index is 2.21. The van der Waals surface area contributed by atoms with E-state index in [1.807, 2.05) is 13.8 Å².